The summed E-state index contributed by atoms with van der Waals surface area (Å²) in [5.41, 5.74) is 7.63. The number of anilines is 1. The van der Waals surface area contributed by atoms with Crippen molar-refractivity contribution >= 4 is 30.7 Å². The third kappa shape index (κ3) is 5.73. The summed E-state index contributed by atoms with van der Waals surface area (Å²) in [6, 6.07) is 7.18. The van der Waals surface area contributed by atoms with Gasteiger partial charge in [-0.2, -0.15) is 5.09 Å². The number of para-hydroxylation sites is 1. The molecule has 0 saturated heterocycles. The molecule has 1 aliphatic carbocycles. The Kier molecular flexibility index (Phi) is 8.17. The molecule has 0 spiro atoms. The fraction of sp³-hybridized carbons (Fsp3) is 0.440. The number of aliphatic hydroxyl groups is 1. The first kappa shape index (κ1) is 27.7. The molecule has 1 aliphatic rings. The van der Waals surface area contributed by atoms with Crippen molar-refractivity contribution in [3.8, 4) is 5.75 Å². The number of nitrogens with two attached hydrogens (primary N) is 1. The van der Waals surface area contributed by atoms with E-state index in [1.54, 1.807) is 62.0 Å². The lowest BCUT2D eigenvalue weighted by atomic mass is 9.63. The maximum absolute atomic E-state index is 13.8. The number of aliphatic hydroxyl groups excluding tert-OH is 1. The number of imidazole rings is 1. The summed E-state index contributed by atoms with van der Waals surface area (Å²) in [4.78, 5) is 25.0. The highest BCUT2D eigenvalue weighted by Gasteiger charge is 2.50. The summed E-state index contributed by atoms with van der Waals surface area (Å²) in [6.07, 6.45) is 1.83. The molecule has 0 radical (unpaired) electrons. The van der Waals surface area contributed by atoms with Crippen LogP contribution in [0.5, 0.6) is 5.75 Å². The van der Waals surface area contributed by atoms with Crippen molar-refractivity contribution in [1.82, 2.24) is 24.6 Å². The van der Waals surface area contributed by atoms with Crippen LogP contribution in [0.3, 0.4) is 0 Å². The highest BCUT2D eigenvalue weighted by atomic mass is 31.2. The minimum atomic E-state index is -4.07. The van der Waals surface area contributed by atoms with Gasteiger partial charge in [-0.05, 0) is 45.4 Å². The second-order valence-corrected chi connectivity index (χ2v) is 11.3. The monoisotopic (exact) mass is 544 g/mol. The molecule has 204 valence electrons. The minimum absolute atomic E-state index is 0.0856. The zero-order valence-corrected chi connectivity index (χ0v) is 22.6. The van der Waals surface area contributed by atoms with Crippen LogP contribution in [0.4, 0.5) is 5.82 Å². The number of ether oxygens (including phenoxy) is 1. The first-order valence-electron chi connectivity index (χ1n) is 12.3. The van der Waals surface area contributed by atoms with E-state index in [0.29, 0.717) is 16.9 Å². The van der Waals surface area contributed by atoms with E-state index >= 15 is 0 Å². The SMILES string of the molecule is C=C1[C@@H](n2cnc3c(N)ncnc32)[C@H](C(C)O)[C@H]1COP(=O)(N[C@@H](C)C(=O)OC(C)C)Oc1ccccc1. The van der Waals surface area contributed by atoms with Crippen LogP contribution in [-0.2, 0) is 18.6 Å². The van der Waals surface area contributed by atoms with Crippen molar-refractivity contribution in [2.45, 2.75) is 52.0 Å². The van der Waals surface area contributed by atoms with Crippen molar-refractivity contribution in [3.63, 3.8) is 0 Å². The highest BCUT2D eigenvalue weighted by Crippen LogP contribution is 2.53. The molecule has 12 nitrogen and oxygen atoms in total. The first-order valence-corrected chi connectivity index (χ1v) is 13.8. The fourth-order valence-electron chi connectivity index (χ4n) is 4.58. The molecule has 6 atom stereocenters. The molecule has 0 amide bonds. The molecule has 1 fully saturated rings. The fourth-order valence-corrected chi connectivity index (χ4v) is 6.10. The standard InChI is InChI=1S/C25H33N6O6P/c1-14(2)36-25(33)16(4)30-38(34,37-18-9-7-6-8-10-18)35-11-19-15(3)22(20(19)17(5)32)31-13-29-21-23(26)27-12-28-24(21)31/h6-10,12-14,16-17,19-20,22,32H,3,11H2,1-2,4-5H3,(H,30,34)(H2,26,27,28)/t16-,17?,19-,20+,22+,38?/m0/s1. The van der Waals surface area contributed by atoms with Gasteiger partial charge in [0.25, 0.3) is 0 Å². The largest absolute Gasteiger partial charge is 0.462 e. The third-order valence-electron chi connectivity index (χ3n) is 6.38. The number of nitrogens with one attached hydrogen (secondary N) is 1. The van der Waals surface area contributed by atoms with Crippen molar-refractivity contribution in [1.29, 1.82) is 0 Å². The Hall–Kier alpha value is -3.31. The lowest BCUT2D eigenvalue weighted by Crippen LogP contribution is -2.48. The average Bonchev–Trinajstić information content (AvgIpc) is 3.27. The third-order valence-corrected chi connectivity index (χ3v) is 8.02. The summed E-state index contributed by atoms with van der Waals surface area (Å²) >= 11 is 0. The second-order valence-electron chi connectivity index (χ2n) is 9.56. The van der Waals surface area contributed by atoms with E-state index in [2.05, 4.69) is 26.6 Å². The topological polar surface area (TPSA) is 164 Å². The van der Waals surface area contributed by atoms with E-state index < -0.39 is 25.9 Å². The number of aromatic nitrogens is 4. The summed E-state index contributed by atoms with van der Waals surface area (Å²) in [6.45, 7) is 10.8. The molecule has 0 aliphatic heterocycles. The zero-order chi connectivity index (χ0) is 27.6. The summed E-state index contributed by atoms with van der Waals surface area (Å²) in [5, 5.41) is 13.3. The Bertz CT molecular complexity index is 1350. The van der Waals surface area contributed by atoms with Crippen molar-refractivity contribution in [2.75, 3.05) is 12.3 Å². The van der Waals surface area contributed by atoms with Crippen LogP contribution in [0.1, 0.15) is 33.7 Å². The van der Waals surface area contributed by atoms with Gasteiger partial charge in [0.1, 0.15) is 23.6 Å². The Morgan fingerprint density at radius 3 is 2.58 bits per heavy atom. The van der Waals surface area contributed by atoms with Gasteiger partial charge in [-0.25, -0.2) is 19.5 Å². The lowest BCUT2D eigenvalue weighted by Gasteiger charge is -2.49. The normalized spacial score (nSPS) is 22.5. The van der Waals surface area contributed by atoms with E-state index in [4.69, 9.17) is 19.5 Å². The Labute approximate surface area is 220 Å². The van der Waals surface area contributed by atoms with Crippen molar-refractivity contribution in [2.24, 2.45) is 11.8 Å². The van der Waals surface area contributed by atoms with Gasteiger partial charge in [0.2, 0.25) is 0 Å². The molecule has 1 aromatic carbocycles. The summed E-state index contributed by atoms with van der Waals surface area (Å²) in [5.74, 6) is -0.771. The van der Waals surface area contributed by atoms with Crippen LogP contribution in [0.25, 0.3) is 11.2 Å². The molecule has 2 aromatic heterocycles. The summed E-state index contributed by atoms with van der Waals surface area (Å²) in [7, 11) is -4.07. The Balaban J connectivity index is 1.54. The van der Waals surface area contributed by atoms with Gasteiger partial charge < -0.3 is 24.7 Å². The van der Waals surface area contributed by atoms with E-state index in [-0.39, 0.29) is 36.4 Å². The number of benzene rings is 1. The molecule has 4 N–H and O–H groups in total. The molecule has 3 aromatic rings. The number of carbonyl (C=O) groups is 1. The van der Waals surface area contributed by atoms with Crippen molar-refractivity contribution in [3.05, 3.63) is 55.1 Å². The molecule has 4 rings (SSSR count). The van der Waals surface area contributed by atoms with Crippen LogP contribution < -0.4 is 15.3 Å². The number of fused-ring (bicyclic) bond motifs is 1. The zero-order valence-electron chi connectivity index (χ0n) is 21.7. The first-order chi connectivity index (χ1) is 18.0. The van der Waals surface area contributed by atoms with Crippen LogP contribution in [-0.4, -0.2) is 55.5 Å². The van der Waals surface area contributed by atoms with Gasteiger partial charge in [-0.3, -0.25) is 9.32 Å². The predicted octanol–water partition coefficient (Wildman–Crippen LogP) is 3.27. The van der Waals surface area contributed by atoms with Crippen molar-refractivity contribution < 1.29 is 28.3 Å². The number of rotatable bonds is 11. The van der Waals surface area contributed by atoms with Crippen LogP contribution in [0.2, 0.25) is 0 Å². The average molecular weight is 545 g/mol. The van der Waals surface area contributed by atoms with E-state index in [9.17, 15) is 14.5 Å². The molecular weight excluding hydrogens is 511 g/mol. The van der Waals surface area contributed by atoms with Gasteiger partial charge in [0, 0.05) is 11.8 Å². The molecule has 2 unspecified atom stereocenters. The van der Waals surface area contributed by atoms with Crippen LogP contribution >= 0.6 is 7.75 Å². The Morgan fingerprint density at radius 2 is 1.92 bits per heavy atom. The maximum Gasteiger partial charge on any atom is 0.459 e. The quantitative estimate of drug-likeness (QED) is 0.184. The predicted molar refractivity (Wildman–Crippen MR) is 141 cm³/mol. The molecule has 38 heavy (non-hydrogen) atoms. The molecule has 0 bridgehead atoms. The minimum Gasteiger partial charge on any atom is -0.462 e. The molecule has 2 heterocycles. The molecule has 1 saturated carbocycles. The summed E-state index contributed by atoms with van der Waals surface area (Å²) < 4.78 is 32.4. The number of hydrogen-bond donors (Lipinski definition) is 3. The second kappa shape index (κ2) is 11.2. The van der Waals surface area contributed by atoms with Crippen LogP contribution in [0.15, 0.2) is 55.1 Å². The van der Waals surface area contributed by atoms with E-state index in [1.807, 2.05) is 0 Å². The maximum atomic E-state index is 13.8. The van der Waals surface area contributed by atoms with E-state index in [1.165, 1.54) is 13.3 Å². The number of nitrogens with zero attached hydrogens (tertiary/aromatic N) is 4. The highest BCUT2D eigenvalue weighted by molar-refractivity contribution is 7.52. The van der Waals surface area contributed by atoms with Crippen LogP contribution in [0, 0.1) is 11.8 Å². The van der Waals surface area contributed by atoms with Gasteiger partial charge in [-0.15, -0.1) is 0 Å². The Morgan fingerprint density at radius 1 is 1.21 bits per heavy atom. The smallest absolute Gasteiger partial charge is 0.459 e. The molecular formula is C25H33N6O6P. The van der Waals surface area contributed by atoms with Gasteiger partial charge in [-0.1, -0.05) is 24.8 Å². The number of carbonyl (C=O) groups excluding carboxylic acids is 1. The number of hydrogen-bond acceptors (Lipinski definition) is 10. The number of esters is 1. The lowest BCUT2D eigenvalue weighted by molar-refractivity contribution is -0.149. The molecule has 13 heteroatoms. The van der Waals surface area contributed by atoms with Gasteiger partial charge >= 0.3 is 13.7 Å². The van der Waals surface area contributed by atoms with E-state index in [0.717, 1.165) is 5.57 Å². The number of nitrogen functional groups attached to an aromatic ring is 1. The van der Waals surface area contributed by atoms with Gasteiger partial charge in [0.05, 0.1) is 31.2 Å². The van der Waals surface area contributed by atoms with Gasteiger partial charge in [0.15, 0.2) is 11.5 Å².